The summed E-state index contributed by atoms with van der Waals surface area (Å²) in [7, 11) is 0. The number of rotatable bonds is 8. The van der Waals surface area contributed by atoms with Gasteiger partial charge in [0.1, 0.15) is 24.7 Å². The van der Waals surface area contributed by atoms with Crippen LogP contribution in [0.1, 0.15) is 16.8 Å². The number of ether oxygens (including phenoxy) is 2. The lowest BCUT2D eigenvalue weighted by atomic mass is 10.0. The maximum atomic E-state index is 9.13. The lowest BCUT2D eigenvalue weighted by molar-refractivity contribution is 0.280. The fraction of sp³-hybridized carbons (Fsp3) is 0.100. The summed E-state index contributed by atoms with van der Waals surface area (Å²) in [4.78, 5) is 4.66. The van der Waals surface area contributed by atoms with Crippen molar-refractivity contribution < 1.29 is 14.6 Å². The minimum absolute atomic E-state index is 0.0382. The highest BCUT2D eigenvalue weighted by Gasteiger charge is 2.03. The fourth-order valence-corrected chi connectivity index (χ4v) is 3.74. The van der Waals surface area contributed by atoms with Gasteiger partial charge in [-0.2, -0.15) is 0 Å². The number of hydrogen-bond acceptors (Lipinski definition) is 4. The first-order chi connectivity index (χ1) is 16.8. The molecule has 0 spiro atoms. The molecule has 1 aromatic heterocycles. The van der Waals surface area contributed by atoms with Crippen molar-refractivity contribution in [3.63, 3.8) is 0 Å². The Kier molecular flexibility index (Phi) is 6.50. The van der Waals surface area contributed by atoms with Gasteiger partial charge in [0, 0.05) is 5.39 Å². The molecule has 0 unspecified atom stereocenters. The molecule has 0 atom stereocenters. The normalized spacial score (nSPS) is 10.9. The van der Waals surface area contributed by atoms with E-state index in [2.05, 4.69) is 53.5 Å². The third-order valence-corrected chi connectivity index (χ3v) is 5.70. The zero-order valence-electron chi connectivity index (χ0n) is 18.7. The number of fused-ring (bicyclic) bond motifs is 1. The minimum atomic E-state index is 0.0382. The van der Waals surface area contributed by atoms with Crippen molar-refractivity contribution in [1.29, 1.82) is 0 Å². The number of nitrogens with zero attached hydrogens (tertiary/aromatic N) is 1. The first kappa shape index (κ1) is 21.7. The lowest BCUT2D eigenvalue weighted by Gasteiger charge is -2.09. The van der Waals surface area contributed by atoms with Crippen LogP contribution in [0.2, 0.25) is 0 Å². The van der Waals surface area contributed by atoms with E-state index in [0.29, 0.717) is 13.2 Å². The van der Waals surface area contributed by atoms with E-state index in [-0.39, 0.29) is 6.61 Å². The molecule has 1 N–H and O–H groups in total. The molecule has 4 aromatic carbocycles. The van der Waals surface area contributed by atoms with E-state index in [1.807, 2.05) is 60.7 Å². The summed E-state index contributed by atoms with van der Waals surface area (Å²) in [6.45, 7) is 0.965. The summed E-state index contributed by atoms with van der Waals surface area (Å²) in [5, 5.41) is 10.3. The Morgan fingerprint density at radius 3 is 1.85 bits per heavy atom. The van der Waals surface area contributed by atoms with E-state index in [4.69, 9.17) is 14.6 Å². The van der Waals surface area contributed by atoms with Crippen molar-refractivity contribution >= 4 is 10.9 Å². The number of para-hydroxylation sites is 1. The number of benzene rings is 4. The second kappa shape index (κ2) is 10.2. The highest BCUT2D eigenvalue weighted by atomic mass is 16.5. The van der Waals surface area contributed by atoms with Crippen LogP contribution in [0.3, 0.4) is 0 Å². The van der Waals surface area contributed by atoms with Crippen molar-refractivity contribution in [1.82, 2.24) is 4.98 Å². The quantitative estimate of drug-likeness (QED) is 0.293. The van der Waals surface area contributed by atoms with E-state index >= 15 is 0 Å². The smallest absolute Gasteiger partial charge is 0.130 e. The summed E-state index contributed by atoms with van der Waals surface area (Å²) >= 11 is 0. The van der Waals surface area contributed by atoms with Gasteiger partial charge in [-0.3, -0.25) is 0 Å². The van der Waals surface area contributed by atoms with Gasteiger partial charge in [0.15, 0.2) is 0 Å². The van der Waals surface area contributed by atoms with Crippen LogP contribution in [0.15, 0.2) is 109 Å². The molecule has 4 nitrogen and oxygen atoms in total. The van der Waals surface area contributed by atoms with E-state index in [0.717, 1.165) is 50.3 Å². The lowest BCUT2D eigenvalue weighted by Crippen LogP contribution is -1.98. The molecule has 0 bridgehead atoms. The highest BCUT2D eigenvalue weighted by molar-refractivity contribution is 5.78. The number of pyridine rings is 1. The molecule has 0 aliphatic carbocycles. The molecule has 0 aliphatic heterocycles. The van der Waals surface area contributed by atoms with Crippen LogP contribution in [0.4, 0.5) is 0 Å². The van der Waals surface area contributed by atoms with Gasteiger partial charge in [-0.05, 0) is 58.7 Å². The van der Waals surface area contributed by atoms with Gasteiger partial charge in [0.25, 0.3) is 0 Å². The second-order valence-corrected chi connectivity index (χ2v) is 8.10. The number of aromatic nitrogens is 1. The molecule has 5 aromatic rings. The van der Waals surface area contributed by atoms with Gasteiger partial charge < -0.3 is 14.6 Å². The zero-order chi connectivity index (χ0) is 23.2. The molecule has 0 fully saturated rings. The first-order valence-corrected chi connectivity index (χ1v) is 11.3. The molecule has 1 heterocycles. The molecular formula is C30H25NO3. The molecule has 168 valence electrons. The molecule has 5 rings (SSSR count). The molecular weight excluding hydrogens is 422 g/mol. The highest BCUT2D eigenvalue weighted by Crippen LogP contribution is 2.24. The van der Waals surface area contributed by atoms with Gasteiger partial charge in [-0.25, -0.2) is 4.98 Å². The van der Waals surface area contributed by atoms with Crippen molar-refractivity contribution in [2.24, 2.45) is 0 Å². The van der Waals surface area contributed by atoms with Crippen LogP contribution in [0.25, 0.3) is 22.0 Å². The average Bonchev–Trinajstić information content (AvgIpc) is 2.91. The van der Waals surface area contributed by atoms with Gasteiger partial charge in [0.2, 0.25) is 0 Å². The summed E-state index contributed by atoms with van der Waals surface area (Å²) in [5.41, 5.74) is 6.12. The third kappa shape index (κ3) is 5.25. The van der Waals surface area contributed by atoms with Crippen LogP contribution in [0.5, 0.6) is 11.5 Å². The Hall–Kier alpha value is -4.15. The molecule has 0 saturated heterocycles. The Bertz CT molecular complexity index is 1360. The van der Waals surface area contributed by atoms with Crippen molar-refractivity contribution in [3.05, 3.63) is 126 Å². The monoisotopic (exact) mass is 447 g/mol. The predicted molar refractivity (Wildman–Crippen MR) is 135 cm³/mol. The summed E-state index contributed by atoms with van der Waals surface area (Å²) in [6.07, 6.45) is 0. The van der Waals surface area contributed by atoms with E-state index in [1.54, 1.807) is 0 Å². The molecule has 0 aliphatic rings. The molecule has 0 radical (unpaired) electrons. The number of aliphatic hydroxyl groups is 1. The van der Waals surface area contributed by atoms with Crippen molar-refractivity contribution in [3.8, 4) is 22.6 Å². The summed E-state index contributed by atoms with van der Waals surface area (Å²) < 4.78 is 11.8. The predicted octanol–water partition coefficient (Wildman–Crippen LogP) is 6.55. The first-order valence-electron chi connectivity index (χ1n) is 11.3. The van der Waals surface area contributed by atoms with Crippen molar-refractivity contribution in [2.75, 3.05) is 0 Å². The standard InChI is InChI=1S/C30H25NO3/c32-19-22-7-15-28(16-8-22)33-20-23-5-9-24(10-6-23)25-12-17-29(18-13-25)34-21-27-14-11-26-3-1-2-4-30(26)31-27/h1-18,32H,19-21H2. The van der Waals surface area contributed by atoms with Crippen LogP contribution in [0, 0.1) is 0 Å². The van der Waals surface area contributed by atoms with Crippen LogP contribution in [-0.4, -0.2) is 10.1 Å². The average molecular weight is 448 g/mol. The molecule has 0 amide bonds. The van der Waals surface area contributed by atoms with Crippen molar-refractivity contribution in [2.45, 2.75) is 19.8 Å². The fourth-order valence-electron chi connectivity index (χ4n) is 3.74. The number of hydrogen-bond donors (Lipinski definition) is 1. The third-order valence-electron chi connectivity index (χ3n) is 5.70. The maximum absolute atomic E-state index is 9.13. The van der Waals surface area contributed by atoms with E-state index in [9.17, 15) is 0 Å². The van der Waals surface area contributed by atoms with E-state index < -0.39 is 0 Å². The molecule has 0 saturated carbocycles. The Labute approximate surface area is 199 Å². The Balaban J connectivity index is 1.17. The summed E-state index contributed by atoms with van der Waals surface area (Å²) in [5.74, 6) is 1.60. The Morgan fingerprint density at radius 1 is 0.559 bits per heavy atom. The molecule has 34 heavy (non-hydrogen) atoms. The number of aliphatic hydroxyl groups excluding tert-OH is 1. The van der Waals surface area contributed by atoms with Crippen LogP contribution in [-0.2, 0) is 19.8 Å². The zero-order valence-corrected chi connectivity index (χ0v) is 18.7. The molecule has 4 heteroatoms. The van der Waals surface area contributed by atoms with E-state index in [1.165, 1.54) is 0 Å². The van der Waals surface area contributed by atoms with Gasteiger partial charge >= 0.3 is 0 Å². The van der Waals surface area contributed by atoms with Crippen LogP contribution >= 0.6 is 0 Å². The second-order valence-electron chi connectivity index (χ2n) is 8.10. The Morgan fingerprint density at radius 2 is 1.15 bits per heavy atom. The minimum Gasteiger partial charge on any atom is -0.489 e. The largest absolute Gasteiger partial charge is 0.489 e. The van der Waals surface area contributed by atoms with Gasteiger partial charge in [-0.1, -0.05) is 72.8 Å². The topological polar surface area (TPSA) is 51.6 Å². The van der Waals surface area contributed by atoms with Crippen LogP contribution < -0.4 is 9.47 Å². The summed E-state index contributed by atoms with van der Waals surface area (Å²) in [6, 6.07) is 36.1. The SMILES string of the molecule is OCc1ccc(OCc2ccc(-c3ccc(OCc4ccc5ccccc5n4)cc3)cc2)cc1. The van der Waals surface area contributed by atoms with Gasteiger partial charge in [-0.15, -0.1) is 0 Å². The van der Waals surface area contributed by atoms with Gasteiger partial charge in [0.05, 0.1) is 17.8 Å². The maximum Gasteiger partial charge on any atom is 0.130 e.